The first-order valence-corrected chi connectivity index (χ1v) is 10.1. The van der Waals surface area contributed by atoms with E-state index in [2.05, 4.69) is 23.0 Å². The standard InChI is InChI=1S/C23H27FN2O2/c1-17-2-7-22-21(16-17)23(25-28-22)27-15-11-19-9-13-26(14-10-19)12-8-18-3-5-20(24)6-4-18/h2-7,16,19H,8-15H2,1H3. The predicted octanol–water partition coefficient (Wildman–Crippen LogP) is 5.00. The Morgan fingerprint density at radius 2 is 1.93 bits per heavy atom. The molecule has 1 aliphatic heterocycles. The van der Waals surface area contributed by atoms with E-state index in [1.54, 1.807) is 12.1 Å². The lowest BCUT2D eigenvalue weighted by molar-refractivity contribution is 0.162. The Bertz CT molecular complexity index is 899. The van der Waals surface area contributed by atoms with Gasteiger partial charge in [-0.25, -0.2) is 4.39 Å². The lowest BCUT2D eigenvalue weighted by Crippen LogP contribution is -2.35. The van der Waals surface area contributed by atoms with E-state index in [1.807, 2.05) is 24.3 Å². The number of nitrogens with zero attached hydrogens (tertiary/aromatic N) is 2. The molecule has 1 fully saturated rings. The number of fused-ring (bicyclic) bond motifs is 1. The number of aryl methyl sites for hydroxylation is 1. The maximum absolute atomic E-state index is 13.0. The summed E-state index contributed by atoms with van der Waals surface area (Å²) in [5.41, 5.74) is 3.15. The third kappa shape index (κ3) is 4.71. The van der Waals surface area contributed by atoms with Gasteiger partial charge in [-0.1, -0.05) is 23.8 Å². The van der Waals surface area contributed by atoms with Crippen molar-refractivity contribution >= 4 is 11.0 Å². The third-order valence-corrected chi connectivity index (χ3v) is 5.69. The minimum Gasteiger partial charge on any atom is -0.475 e. The van der Waals surface area contributed by atoms with Gasteiger partial charge in [-0.15, -0.1) is 0 Å². The van der Waals surface area contributed by atoms with E-state index in [-0.39, 0.29) is 5.82 Å². The molecule has 1 aliphatic rings. The topological polar surface area (TPSA) is 38.5 Å². The van der Waals surface area contributed by atoms with Crippen molar-refractivity contribution in [3.8, 4) is 5.88 Å². The SMILES string of the molecule is Cc1ccc2onc(OCCC3CCN(CCc4ccc(F)cc4)CC3)c2c1. The van der Waals surface area contributed by atoms with Crippen molar-refractivity contribution < 1.29 is 13.7 Å². The molecule has 0 radical (unpaired) electrons. The van der Waals surface area contributed by atoms with Crippen LogP contribution < -0.4 is 4.74 Å². The Morgan fingerprint density at radius 1 is 1.14 bits per heavy atom. The lowest BCUT2D eigenvalue weighted by Gasteiger charge is -2.31. The maximum atomic E-state index is 13.0. The second kappa shape index (κ2) is 8.74. The average Bonchev–Trinajstić information content (AvgIpc) is 3.11. The number of hydrogen-bond donors (Lipinski definition) is 0. The van der Waals surface area contributed by atoms with E-state index < -0.39 is 0 Å². The van der Waals surface area contributed by atoms with Crippen molar-refractivity contribution in [2.24, 2.45) is 5.92 Å². The molecule has 1 aromatic heterocycles. The van der Waals surface area contributed by atoms with Gasteiger partial charge < -0.3 is 14.2 Å². The van der Waals surface area contributed by atoms with Crippen LogP contribution in [0.4, 0.5) is 4.39 Å². The molecule has 28 heavy (non-hydrogen) atoms. The molecule has 0 aliphatic carbocycles. The van der Waals surface area contributed by atoms with Crippen molar-refractivity contribution in [3.63, 3.8) is 0 Å². The molecule has 148 valence electrons. The molecule has 4 rings (SSSR count). The molecule has 4 nitrogen and oxygen atoms in total. The number of aromatic nitrogens is 1. The van der Waals surface area contributed by atoms with Crippen LogP contribution in [0.2, 0.25) is 0 Å². The first-order valence-electron chi connectivity index (χ1n) is 10.1. The highest BCUT2D eigenvalue weighted by Gasteiger charge is 2.19. The van der Waals surface area contributed by atoms with Crippen LogP contribution in [0.5, 0.6) is 5.88 Å². The third-order valence-electron chi connectivity index (χ3n) is 5.69. The fourth-order valence-corrected chi connectivity index (χ4v) is 3.89. The van der Waals surface area contributed by atoms with Gasteiger partial charge in [-0.2, -0.15) is 0 Å². The minimum atomic E-state index is -0.166. The fraction of sp³-hybridized carbons (Fsp3) is 0.435. The molecule has 0 bridgehead atoms. The summed E-state index contributed by atoms with van der Waals surface area (Å²) in [4.78, 5) is 2.51. The molecule has 0 unspecified atom stereocenters. The summed E-state index contributed by atoms with van der Waals surface area (Å²) in [7, 11) is 0. The van der Waals surface area contributed by atoms with E-state index in [4.69, 9.17) is 9.26 Å². The molecule has 0 saturated carbocycles. The number of likely N-dealkylation sites (tertiary alicyclic amines) is 1. The van der Waals surface area contributed by atoms with Crippen LogP contribution in [-0.2, 0) is 6.42 Å². The normalized spacial score (nSPS) is 15.9. The van der Waals surface area contributed by atoms with E-state index in [0.29, 0.717) is 18.4 Å². The minimum absolute atomic E-state index is 0.166. The van der Waals surface area contributed by atoms with Crippen LogP contribution in [0.3, 0.4) is 0 Å². The molecule has 1 saturated heterocycles. The molecular formula is C23H27FN2O2. The van der Waals surface area contributed by atoms with Crippen molar-refractivity contribution in [2.45, 2.75) is 32.6 Å². The average molecular weight is 382 g/mol. The van der Waals surface area contributed by atoms with Crippen molar-refractivity contribution in [2.75, 3.05) is 26.2 Å². The number of rotatable bonds is 7. The monoisotopic (exact) mass is 382 g/mol. The van der Waals surface area contributed by atoms with Crippen LogP contribution in [0.15, 0.2) is 47.0 Å². The summed E-state index contributed by atoms with van der Waals surface area (Å²) in [5, 5.41) is 5.02. The summed E-state index contributed by atoms with van der Waals surface area (Å²) in [5.74, 6) is 1.14. The van der Waals surface area contributed by atoms with E-state index >= 15 is 0 Å². The summed E-state index contributed by atoms with van der Waals surface area (Å²) in [6, 6.07) is 12.9. The number of piperidine rings is 1. The van der Waals surface area contributed by atoms with Crippen LogP contribution in [0, 0.1) is 18.7 Å². The first-order chi connectivity index (χ1) is 13.7. The van der Waals surface area contributed by atoms with E-state index in [1.165, 1.54) is 24.0 Å². The summed E-state index contributed by atoms with van der Waals surface area (Å²) in [6.45, 7) is 6.02. The number of halogens is 1. The van der Waals surface area contributed by atoms with Crippen molar-refractivity contribution in [1.82, 2.24) is 10.1 Å². The molecule has 0 N–H and O–H groups in total. The van der Waals surface area contributed by atoms with Crippen LogP contribution in [-0.4, -0.2) is 36.3 Å². The maximum Gasteiger partial charge on any atom is 0.262 e. The largest absolute Gasteiger partial charge is 0.475 e. The fourth-order valence-electron chi connectivity index (χ4n) is 3.89. The molecule has 5 heteroatoms. The first kappa shape index (κ1) is 18.9. The smallest absolute Gasteiger partial charge is 0.262 e. The van der Waals surface area contributed by atoms with Crippen LogP contribution in [0.1, 0.15) is 30.4 Å². The highest BCUT2D eigenvalue weighted by atomic mass is 19.1. The van der Waals surface area contributed by atoms with Gasteiger partial charge in [0.2, 0.25) is 0 Å². The van der Waals surface area contributed by atoms with Crippen molar-refractivity contribution in [1.29, 1.82) is 0 Å². The van der Waals surface area contributed by atoms with Crippen LogP contribution >= 0.6 is 0 Å². The predicted molar refractivity (Wildman–Crippen MR) is 108 cm³/mol. The van der Waals surface area contributed by atoms with E-state index in [0.717, 1.165) is 43.4 Å². The van der Waals surface area contributed by atoms with Gasteiger partial charge in [0.05, 0.1) is 12.0 Å². The zero-order chi connectivity index (χ0) is 19.3. The zero-order valence-corrected chi connectivity index (χ0v) is 16.4. The Hall–Kier alpha value is -2.40. The van der Waals surface area contributed by atoms with Gasteiger partial charge in [0.25, 0.3) is 5.88 Å². The molecule has 3 aromatic rings. The highest BCUT2D eigenvalue weighted by Crippen LogP contribution is 2.27. The second-order valence-electron chi connectivity index (χ2n) is 7.79. The summed E-state index contributed by atoms with van der Waals surface area (Å²) >= 11 is 0. The summed E-state index contributed by atoms with van der Waals surface area (Å²) < 4.78 is 24.2. The molecule has 0 atom stereocenters. The molecule has 0 spiro atoms. The van der Waals surface area contributed by atoms with Gasteiger partial charge in [-0.05, 0) is 86.6 Å². The lowest BCUT2D eigenvalue weighted by atomic mass is 9.93. The number of benzene rings is 2. The Balaban J connectivity index is 1.18. The highest BCUT2D eigenvalue weighted by molar-refractivity contribution is 5.82. The molecular weight excluding hydrogens is 355 g/mol. The number of ether oxygens (including phenoxy) is 1. The summed E-state index contributed by atoms with van der Waals surface area (Å²) in [6.07, 6.45) is 4.43. The Kier molecular flexibility index (Phi) is 5.91. The molecule has 0 amide bonds. The van der Waals surface area contributed by atoms with Crippen molar-refractivity contribution in [3.05, 3.63) is 59.4 Å². The number of hydrogen-bond acceptors (Lipinski definition) is 4. The van der Waals surface area contributed by atoms with Gasteiger partial charge in [-0.3, -0.25) is 0 Å². The quantitative estimate of drug-likeness (QED) is 0.576. The second-order valence-corrected chi connectivity index (χ2v) is 7.79. The molecule has 2 aromatic carbocycles. The van der Waals surface area contributed by atoms with Gasteiger partial charge >= 0.3 is 0 Å². The van der Waals surface area contributed by atoms with Gasteiger partial charge in [0, 0.05) is 6.54 Å². The van der Waals surface area contributed by atoms with Gasteiger partial charge in [0.1, 0.15) is 5.82 Å². The Morgan fingerprint density at radius 3 is 2.71 bits per heavy atom. The molecule has 2 heterocycles. The van der Waals surface area contributed by atoms with Gasteiger partial charge in [0.15, 0.2) is 5.58 Å². The zero-order valence-electron chi connectivity index (χ0n) is 16.4. The van der Waals surface area contributed by atoms with Crippen LogP contribution in [0.25, 0.3) is 11.0 Å². The van der Waals surface area contributed by atoms with E-state index in [9.17, 15) is 4.39 Å². The Labute approximate surface area is 165 Å².